The molecule has 2 rings (SSSR count). The first kappa shape index (κ1) is 23.6. The molecular weight excluding hydrogens is 402 g/mol. The zero-order valence-corrected chi connectivity index (χ0v) is 18.4. The Morgan fingerprint density at radius 1 is 1.17 bits per heavy atom. The number of likely N-dealkylation sites (N-methyl/N-ethyl adjacent to an activating group) is 1. The van der Waals surface area contributed by atoms with Crippen LogP contribution in [0.2, 0.25) is 5.02 Å². The zero-order valence-electron chi connectivity index (χ0n) is 17.6. The van der Waals surface area contributed by atoms with Crippen LogP contribution in [0.3, 0.4) is 0 Å². The summed E-state index contributed by atoms with van der Waals surface area (Å²) in [5.41, 5.74) is 7.28. The highest BCUT2D eigenvalue weighted by Gasteiger charge is 2.27. The van der Waals surface area contributed by atoms with Gasteiger partial charge in [0.25, 0.3) is 0 Å². The van der Waals surface area contributed by atoms with Crippen molar-refractivity contribution in [2.24, 2.45) is 5.92 Å². The van der Waals surface area contributed by atoms with Crippen LogP contribution in [0.4, 0.5) is 5.82 Å². The highest BCUT2D eigenvalue weighted by atomic mass is 35.5. The average molecular weight is 432 g/mol. The number of benzene rings is 1. The molecule has 0 bridgehead atoms. The largest absolute Gasteiger partial charge is 0.384 e. The second-order valence-corrected chi connectivity index (χ2v) is 7.79. The van der Waals surface area contributed by atoms with Gasteiger partial charge in [-0.3, -0.25) is 9.59 Å². The van der Waals surface area contributed by atoms with Gasteiger partial charge in [0.1, 0.15) is 11.9 Å². The summed E-state index contributed by atoms with van der Waals surface area (Å²) < 4.78 is 0. The smallest absolute Gasteiger partial charge is 0.243 e. The molecule has 0 aliphatic carbocycles. The number of carbonyl (C=O) groups is 2. The molecule has 1 heterocycles. The molecule has 7 nitrogen and oxygen atoms in total. The van der Waals surface area contributed by atoms with E-state index in [1.807, 2.05) is 26.0 Å². The van der Waals surface area contributed by atoms with Crippen LogP contribution >= 0.6 is 11.6 Å². The summed E-state index contributed by atoms with van der Waals surface area (Å²) in [6.07, 6.45) is 2.78. The van der Waals surface area contributed by atoms with Crippen LogP contribution in [0.5, 0.6) is 0 Å². The van der Waals surface area contributed by atoms with E-state index in [4.69, 9.17) is 17.3 Å². The maximum absolute atomic E-state index is 12.9. The first-order chi connectivity index (χ1) is 14.3. The van der Waals surface area contributed by atoms with Gasteiger partial charge in [-0.25, -0.2) is 4.98 Å². The number of amides is 2. The van der Waals surface area contributed by atoms with Crippen LogP contribution in [-0.4, -0.2) is 35.9 Å². The molecule has 2 aromatic rings. The Bertz CT molecular complexity index is 844. The lowest BCUT2D eigenvalue weighted by molar-refractivity contribution is -0.130. The van der Waals surface area contributed by atoms with Gasteiger partial charge in [0, 0.05) is 24.2 Å². The molecule has 1 aromatic heterocycles. The number of pyridine rings is 1. The Balaban J connectivity index is 2.13. The fourth-order valence-electron chi connectivity index (χ4n) is 3.13. The lowest BCUT2D eigenvalue weighted by Gasteiger charge is -2.25. The van der Waals surface area contributed by atoms with Crippen molar-refractivity contribution in [2.45, 2.75) is 45.3 Å². The van der Waals surface area contributed by atoms with Gasteiger partial charge in [-0.05, 0) is 42.3 Å². The number of halogens is 1. The van der Waals surface area contributed by atoms with Gasteiger partial charge in [-0.2, -0.15) is 0 Å². The highest BCUT2D eigenvalue weighted by molar-refractivity contribution is 6.30. The Kier molecular flexibility index (Phi) is 9.08. The van der Waals surface area contributed by atoms with E-state index >= 15 is 0 Å². The normalized spacial score (nSPS) is 13.9. The maximum atomic E-state index is 12.9. The minimum absolute atomic E-state index is 0.130. The van der Waals surface area contributed by atoms with Crippen LogP contribution in [0.1, 0.15) is 31.4 Å². The van der Waals surface area contributed by atoms with E-state index in [9.17, 15) is 9.59 Å². The van der Waals surface area contributed by atoms with Gasteiger partial charge in [0.2, 0.25) is 11.8 Å². The monoisotopic (exact) mass is 431 g/mol. The molecule has 8 heteroatoms. The molecule has 3 atom stereocenters. The van der Waals surface area contributed by atoms with Crippen molar-refractivity contribution in [1.29, 1.82) is 0 Å². The lowest BCUT2D eigenvalue weighted by atomic mass is 9.97. The SMILES string of the molecule is CC[C@H](C)[C@@H](NC)C(=O)N[C@@H](Cc1cccc(Cl)c1)C(=O)NCc1ccc(N)nc1. The number of nitrogens with one attached hydrogen (secondary N) is 3. The van der Waals surface area contributed by atoms with Gasteiger partial charge in [-0.1, -0.05) is 50.1 Å². The number of hydrogen-bond acceptors (Lipinski definition) is 5. The van der Waals surface area contributed by atoms with Crippen molar-refractivity contribution in [3.05, 3.63) is 58.7 Å². The van der Waals surface area contributed by atoms with E-state index < -0.39 is 6.04 Å². The molecular formula is C22H30ClN5O2. The average Bonchev–Trinajstić information content (AvgIpc) is 2.73. The van der Waals surface area contributed by atoms with E-state index in [2.05, 4.69) is 20.9 Å². The number of rotatable bonds is 10. The third-order valence-corrected chi connectivity index (χ3v) is 5.32. The molecule has 5 N–H and O–H groups in total. The van der Waals surface area contributed by atoms with Crippen LogP contribution < -0.4 is 21.7 Å². The van der Waals surface area contributed by atoms with Gasteiger partial charge >= 0.3 is 0 Å². The first-order valence-corrected chi connectivity index (χ1v) is 10.4. The molecule has 0 spiro atoms. The van der Waals surface area contributed by atoms with Crippen molar-refractivity contribution in [3.63, 3.8) is 0 Å². The van der Waals surface area contributed by atoms with Gasteiger partial charge < -0.3 is 21.7 Å². The molecule has 0 saturated carbocycles. The second kappa shape index (κ2) is 11.5. The first-order valence-electron chi connectivity index (χ1n) is 10.0. The molecule has 2 amide bonds. The van der Waals surface area contributed by atoms with Gasteiger partial charge in [-0.15, -0.1) is 0 Å². The summed E-state index contributed by atoms with van der Waals surface area (Å²) in [4.78, 5) is 29.8. The Morgan fingerprint density at radius 2 is 1.93 bits per heavy atom. The highest BCUT2D eigenvalue weighted by Crippen LogP contribution is 2.14. The fourth-order valence-corrected chi connectivity index (χ4v) is 3.35. The molecule has 0 radical (unpaired) electrons. The molecule has 162 valence electrons. The van der Waals surface area contributed by atoms with Gasteiger partial charge in [0.15, 0.2) is 0 Å². The Morgan fingerprint density at radius 3 is 2.53 bits per heavy atom. The molecule has 0 aliphatic rings. The van der Waals surface area contributed by atoms with Crippen LogP contribution in [0.15, 0.2) is 42.6 Å². The number of nitrogens with two attached hydrogens (primary N) is 1. The Labute approximate surface area is 182 Å². The maximum Gasteiger partial charge on any atom is 0.243 e. The van der Waals surface area contributed by atoms with E-state index in [1.165, 1.54) is 0 Å². The predicted molar refractivity (Wildman–Crippen MR) is 120 cm³/mol. The van der Waals surface area contributed by atoms with Crippen molar-refractivity contribution >= 4 is 29.2 Å². The third kappa shape index (κ3) is 7.00. The summed E-state index contributed by atoms with van der Waals surface area (Å²) >= 11 is 6.09. The summed E-state index contributed by atoms with van der Waals surface area (Å²) in [6, 6.07) is 9.62. The van der Waals surface area contributed by atoms with Crippen molar-refractivity contribution in [1.82, 2.24) is 20.9 Å². The number of nitrogen functional groups attached to an aromatic ring is 1. The summed E-state index contributed by atoms with van der Waals surface area (Å²) in [5, 5.41) is 9.41. The summed E-state index contributed by atoms with van der Waals surface area (Å²) in [7, 11) is 1.75. The molecule has 0 fully saturated rings. The fraction of sp³-hybridized carbons (Fsp3) is 0.409. The minimum Gasteiger partial charge on any atom is -0.384 e. The van der Waals surface area contributed by atoms with Crippen LogP contribution in [-0.2, 0) is 22.6 Å². The lowest BCUT2D eigenvalue weighted by Crippen LogP contribution is -2.54. The minimum atomic E-state index is -0.738. The topological polar surface area (TPSA) is 109 Å². The molecule has 1 aromatic carbocycles. The zero-order chi connectivity index (χ0) is 22.1. The quantitative estimate of drug-likeness (QED) is 0.461. The number of nitrogens with zero attached hydrogens (tertiary/aromatic N) is 1. The van der Waals surface area contributed by atoms with Gasteiger partial charge in [0.05, 0.1) is 6.04 Å². The summed E-state index contributed by atoms with van der Waals surface area (Å²) in [5.74, 6) is 0.0624. The predicted octanol–water partition coefficient (Wildman–Crippen LogP) is 2.29. The standard InChI is InChI=1S/C22H30ClN5O2/c1-4-14(2)20(25-3)22(30)28-18(11-15-6-5-7-17(23)10-15)21(29)27-13-16-8-9-19(24)26-12-16/h5-10,12,14,18,20,25H,4,11,13H2,1-3H3,(H2,24,26)(H,27,29)(H,28,30)/t14-,18-,20+/m0/s1. The summed E-state index contributed by atoms with van der Waals surface area (Å²) in [6.45, 7) is 4.31. The molecule has 30 heavy (non-hydrogen) atoms. The third-order valence-electron chi connectivity index (χ3n) is 5.08. The van der Waals surface area contributed by atoms with Crippen LogP contribution in [0, 0.1) is 5.92 Å². The van der Waals surface area contributed by atoms with E-state index in [-0.39, 0.29) is 30.3 Å². The Hall–Kier alpha value is -2.64. The second-order valence-electron chi connectivity index (χ2n) is 7.36. The van der Waals surface area contributed by atoms with E-state index in [0.29, 0.717) is 17.3 Å². The van der Waals surface area contributed by atoms with Crippen molar-refractivity contribution in [2.75, 3.05) is 12.8 Å². The molecule has 0 saturated heterocycles. The number of carbonyl (C=O) groups excluding carboxylic acids is 2. The number of aromatic nitrogens is 1. The van der Waals surface area contributed by atoms with Crippen molar-refractivity contribution in [3.8, 4) is 0 Å². The number of hydrogen-bond donors (Lipinski definition) is 4. The molecule has 0 aliphatic heterocycles. The van der Waals surface area contributed by atoms with E-state index in [1.54, 1.807) is 37.5 Å². The number of anilines is 1. The van der Waals surface area contributed by atoms with Crippen molar-refractivity contribution < 1.29 is 9.59 Å². The van der Waals surface area contributed by atoms with Crippen LogP contribution in [0.25, 0.3) is 0 Å². The van der Waals surface area contributed by atoms with E-state index in [0.717, 1.165) is 17.5 Å². The molecule has 0 unspecified atom stereocenters.